The quantitative estimate of drug-likeness (QED) is 0.0212. The zero-order valence-electron chi connectivity index (χ0n) is 49.5. The number of esters is 1. The van der Waals surface area contributed by atoms with Crippen molar-refractivity contribution in [2.24, 2.45) is 0 Å². The van der Waals surface area contributed by atoms with E-state index in [4.69, 9.17) is 13.8 Å². The van der Waals surface area contributed by atoms with Gasteiger partial charge in [0, 0.05) is 12.8 Å². The number of likely N-dealkylation sites (N-methyl/N-ethyl adjacent to an activating group) is 1. The van der Waals surface area contributed by atoms with E-state index in [9.17, 15) is 19.0 Å². The molecule has 0 aromatic rings. The first-order valence-corrected chi connectivity index (χ1v) is 32.4. The number of rotatable bonds is 55. The molecule has 0 aromatic carbocycles. The molecule has 0 saturated carbocycles. The van der Waals surface area contributed by atoms with E-state index in [0.717, 1.165) is 109 Å². The van der Waals surface area contributed by atoms with Gasteiger partial charge >= 0.3 is 5.97 Å². The number of allylic oxidation sites excluding steroid dienone is 13. The lowest BCUT2D eigenvalue weighted by atomic mass is 10.0. The highest BCUT2D eigenvalue weighted by Gasteiger charge is 2.27. The van der Waals surface area contributed by atoms with Crippen molar-refractivity contribution in [2.75, 3.05) is 40.9 Å². The van der Waals surface area contributed by atoms with Gasteiger partial charge in [0.05, 0.1) is 33.8 Å². The fraction of sp³-hybridized carbons (Fsp3) is 0.754. The van der Waals surface area contributed by atoms with Gasteiger partial charge in [0.1, 0.15) is 19.3 Å². The molecular formula is C65H117N2O7P. The maximum Gasteiger partial charge on any atom is 0.306 e. The number of unbranched alkanes of at least 4 members (excludes halogenated alkanes) is 27. The average Bonchev–Trinajstić information content (AvgIpc) is 3.37. The highest BCUT2D eigenvalue weighted by Crippen LogP contribution is 2.38. The molecule has 0 aromatic heterocycles. The summed E-state index contributed by atoms with van der Waals surface area (Å²) in [6, 6.07) is -0.900. The minimum atomic E-state index is -4.70. The molecule has 0 radical (unpaired) electrons. The van der Waals surface area contributed by atoms with Crippen molar-refractivity contribution < 1.29 is 37.3 Å². The van der Waals surface area contributed by atoms with Crippen molar-refractivity contribution in [3.63, 3.8) is 0 Å². The van der Waals surface area contributed by atoms with Crippen LogP contribution in [0.3, 0.4) is 0 Å². The smallest absolute Gasteiger partial charge is 0.306 e. The summed E-state index contributed by atoms with van der Waals surface area (Å²) >= 11 is 0. The number of hydrogen-bond acceptors (Lipinski definition) is 7. The third-order valence-corrected chi connectivity index (χ3v) is 14.3. The lowest BCUT2D eigenvalue weighted by molar-refractivity contribution is -0.870. The molecule has 0 aliphatic carbocycles. The highest BCUT2D eigenvalue weighted by molar-refractivity contribution is 7.45. The Morgan fingerprint density at radius 3 is 1.31 bits per heavy atom. The van der Waals surface area contributed by atoms with Crippen molar-refractivity contribution in [1.29, 1.82) is 0 Å². The molecule has 1 amide bonds. The summed E-state index contributed by atoms with van der Waals surface area (Å²) in [7, 11) is 1.17. The van der Waals surface area contributed by atoms with Crippen LogP contribution in [0.15, 0.2) is 85.1 Å². The van der Waals surface area contributed by atoms with E-state index in [1.54, 1.807) is 0 Å². The van der Waals surface area contributed by atoms with Crippen LogP contribution in [0.5, 0.6) is 0 Å². The van der Waals surface area contributed by atoms with Crippen LogP contribution < -0.4 is 10.2 Å². The molecule has 0 aliphatic rings. The highest BCUT2D eigenvalue weighted by atomic mass is 31.2. The van der Waals surface area contributed by atoms with Crippen LogP contribution in [-0.2, 0) is 27.9 Å². The lowest BCUT2D eigenvalue weighted by Gasteiger charge is -2.30. The normalized spacial score (nSPS) is 14.3. The van der Waals surface area contributed by atoms with Gasteiger partial charge in [-0.1, -0.05) is 235 Å². The first-order chi connectivity index (χ1) is 36.4. The van der Waals surface area contributed by atoms with Gasteiger partial charge in [-0.25, -0.2) is 0 Å². The summed E-state index contributed by atoms with van der Waals surface area (Å²) in [6.07, 6.45) is 71.2. The number of carbonyl (C=O) groups excluding carboxylic acids is 2. The number of phosphoric acid groups is 1. The van der Waals surface area contributed by atoms with Crippen molar-refractivity contribution in [1.82, 2.24) is 5.32 Å². The molecule has 9 nitrogen and oxygen atoms in total. The maximum absolute atomic E-state index is 13.5. The van der Waals surface area contributed by atoms with Crippen LogP contribution in [0.25, 0.3) is 0 Å². The number of hydrogen-bond donors (Lipinski definition) is 1. The third-order valence-electron chi connectivity index (χ3n) is 13.3. The van der Waals surface area contributed by atoms with E-state index in [2.05, 4.69) is 99.0 Å². The summed E-state index contributed by atoms with van der Waals surface area (Å²) in [5, 5.41) is 3.02. The van der Waals surface area contributed by atoms with E-state index in [0.29, 0.717) is 23.9 Å². The molecule has 1 N–H and O–H groups in total. The topological polar surface area (TPSA) is 114 Å². The summed E-state index contributed by atoms with van der Waals surface area (Å²) < 4.78 is 30.2. The Labute approximate surface area is 463 Å². The number of nitrogens with zero attached hydrogens (tertiary/aromatic N) is 1. The Balaban J connectivity index is 5.14. The Morgan fingerprint density at radius 1 is 0.480 bits per heavy atom. The fourth-order valence-corrected chi connectivity index (χ4v) is 9.27. The Kier molecular flexibility index (Phi) is 52.5. The standard InChI is InChI=1S/C65H117N2O7P/c1-7-10-13-16-19-22-25-27-28-29-30-31-32-33-34-35-36-37-38-40-42-45-48-51-54-57-64(68)66-62(61-73-75(70,71)72-60-59-67(4,5)6)63(56-53-50-47-44-41-24-21-18-15-12-9-3)74-65(69)58-55-52-49-46-43-39-26-23-20-17-14-11-8-2/h10,13,19,22,27-28,30-31,33-34,39,43,53,56,62-63H,7-9,11-12,14-18,20-21,23-26,29,32,35-38,40-42,44-52,54-55,57-61H2,1-6H3,(H-,66,68,70,71)/b13-10-,22-19-,28-27-,31-30-,34-33-,43-39-,56-53-. The monoisotopic (exact) mass is 1070 g/mol. The van der Waals surface area contributed by atoms with Gasteiger partial charge < -0.3 is 28.5 Å². The number of carbonyl (C=O) groups is 2. The second-order valence-corrected chi connectivity index (χ2v) is 23.2. The van der Waals surface area contributed by atoms with Crippen LogP contribution in [-0.4, -0.2) is 69.4 Å². The van der Waals surface area contributed by atoms with E-state index in [1.807, 2.05) is 33.3 Å². The second kappa shape index (κ2) is 54.5. The van der Waals surface area contributed by atoms with Crippen LogP contribution in [0.1, 0.15) is 265 Å². The Morgan fingerprint density at radius 2 is 0.853 bits per heavy atom. The summed E-state index contributed by atoms with van der Waals surface area (Å²) in [4.78, 5) is 39.9. The third kappa shape index (κ3) is 55.7. The SMILES string of the molecule is CC/C=C\C/C=C\C/C=C\C/C=C\C/C=C\CCCCCCCCCCCC(=O)NC(COP(=O)([O-])OCC[N+](C)(C)C)C(/C=C\CCCCCCCCCCC)OC(=O)CCCCC/C=C\CCCCCCCC. The van der Waals surface area contributed by atoms with Crippen LogP contribution in [0.2, 0.25) is 0 Å². The number of nitrogens with one attached hydrogen (secondary N) is 1. The first kappa shape index (κ1) is 72.2. The predicted octanol–water partition coefficient (Wildman–Crippen LogP) is 18.4. The Bertz CT molecular complexity index is 1560. The van der Waals surface area contributed by atoms with Gasteiger partial charge in [-0.15, -0.1) is 0 Å². The molecule has 75 heavy (non-hydrogen) atoms. The van der Waals surface area contributed by atoms with Crippen LogP contribution >= 0.6 is 7.82 Å². The first-order valence-electron chi connectivity index (χ1n) is 30.9. The number of ether oxygens (including phenoxy) is 1. The molecule has 3 atom stereocenters. The number of amides is 1. The van der Waals surface area contributed by atoms with Crippen LogP contribution in [0.4, 0.5) is 0 Å². The minimum absolute atomic E-state index is 0.0287. The zero-order chi connectivity index (χ0) is 55.0. The van der Waals surface area contributed by atoms with Gasteiger partial charge in [0.2, 0.25) is 5.91 Å². The van der Waals surface area contributed by atoms with E-state index < -0.39 is 26.6 Å². The summed E-state index contributed by atoms with van der Waals surface area (Å²) in [6.45, 7) is 6.70. The van der Waals surface area contributed by atoms with Crippen molar-refractivity contribution in [2.45, 2.75) is 277 Å². The van der Waals surface area contributed by atoms with Gasteiger partial charge in [0.15, 0.2) is 0 Å². The van der Waals surface area contributed by atoms with Crippen molar-refractivity contribution in [3.05, 3.63) is 85.1 Å². The van der Waals surface area contributed by atoms with Gasteiger partial charge in [-0.3, -0.25) is 14.2 Å². The molecule has 3 unspecified atom stereocenters. The molecule has 0 aliphatic heterocycles. The molecular weight excluding hydrogens is 952 g/mol. The molecule has 0 heterocycles. The molecule has 0 fully saturated rings. The van der Waals surface area contributed by atoms with E-state index >= 15 is 0 Å². The zero-order valence-corrected chi connectivity index (χ0v) is 50.4. The summed E-state index contributed by atoms with van der Waals surface area (Å²) in [5.41, 5.74) is 0. The second-order valence-electron chi connectivity index (χ2n) is 21.8. The maximum atomic E-state index is 13.5. The van der Waals surface area contributed by atoms with Gasteiger partial charge in [-0.05, 0) is 102 Å². The Hall–Kier alpha value is -2.81. The minimum Gasteiger partial charge on any atom is -0.756 e. The van der Waals surface area contributed by atoms with Gasteiger partial charge in [0.25, 0.3) is 7.82 Å². The van der Waals surface area contributed by atoms with Crippen molar-refractivity contribution >= 4 is 19.7 Å². The lowest BCUT2D eigenvalue weighted by Crippen LogP contribution is -2.47. The van der Waals surface area contributed by atoms with E-state index in [-0.39, 0.29) is 24.9 Å². The fourth-order valence-electron chi connectivity index (χ4n) is 8.54. The number of quaternary nitrogens is 1. The molecule has 0 rings (SSSR count). The average molecular weight is 1070 g/mol. The van der Waals surface area contributed by atoms with Crippen LogP contribution in [0, 0.1) is 0 Å². The van der Waals surface area contributed by atoms with Crippen molar-refractivity contribution in [3.8, 4) is 0 Å². The molecule has 10 heteroatoms. The predicted molar refractivity (Wildman–Crippen MR) is 321 cm³/mol. The molecule has 0 spiro atoms. The van der Waals surface area contributed by atoms with E-state index in [1.165, 1.54) is 116 Å². The molecule has 0 saturated heterocycles. The largest absolute Gasteiger partial charge is 0.756 e. The molecule has 434 valence electrons. The molecule has 0 bridgehead atoms. The van der Waals surface area contributed by atoms with Gasteiger partial charge in [-0.2, -0.15) is 0 Å². The number of phosphoric ester groups is 1. The summed E-state index contributed by atoms with van der Waals surface area (Å²) in [5.74, 6) is -0.568.